The number of amides is 1. The van der Waals surface area contributed by atoms with Gasteiger partial charge in [-0.1, -0.05) is 32.0 Å². The summed E-state index contributed by atoms with van der Waals surface area (Å²) in [5.41, 5.74) is 6.91. The molecule has 3 nitrogen and oxygen atoms in total. The number of carbonyl (C=O) groups is 1. The van der Waals surface area contributed by atoms with Gasteiger partial charge < -0.3 is 11.1 Å². The number of nitrogens with two attached hydrogens (primary N) is 1. The third-order valence-electron chi connectivity index (χ3n) is 2.85. The summed E-state index contributed by atoms with van der Waals surface area (Å²) in [6, 6.07) is 7.97. The van der Waals surface area contributed by atoms with Gasteiger partial charge in [-0.3, -0.25) is 4.79 Å². The minimum Gasteiger partial charge on any atom is -0.366 e. The molecule has 16 heavy (non-hydrogen) atoms. The second-order valence-electron chi connectivity index (χ2n) is 3.92. The Bertz CT molecular complexity index is 346. The zero-order chi connectivity index (χ0) is 12.0. The maximum atomic E-state index is 11.2. The summed E-state index contributed by atoms with van der Waals surface area (Å²) in [6.07, 6.45) is 2.18. The van der Waals surface area contributed by atoms with Crippen molar-refractivity contribution in [3.63, 3.8) is 0 Å². The summed E-state index contributed by atoms with van der Waals surface area (Å²) in [7, 11) is 0. The maximum Gasteiger partial charge on any atom is 0.249 e. The van der Waals surface area contributed by atoms with Crippen molar-refractivity contribution in [2.75, 3.05) is 0 Å². The van der Waals surface area contributed by atoms with E-state index < -0.39 is 0 Å². The molecule has 1 rings (SSSR count). The molecular formula is C13H20N2O. The number of carbonyl (C=O) groups excluding carboxylic acids is 1. The van der Waals surface area contributed by atoms with Crippen LogP contribution in [0.3, 0.4) is 0 Å². The number of rotatable bonds is 6. The Balaban J connectivity index is 2.69. The van der Waals surface area contributed by atoms with Gasteiger partial charge in [0.05, 0.1) is 0 Å². The molecule has 0 atom stereocenters. The topological polar surface area (TPSA) is 55.1 Å². The molecule has 0 heterocycles. The first-order valence-corrected chi connectivity index (χ1v) is 5.80. The molecule has 3 heteroatoms. The molecule has 0 aliphatic heterocycles. The molecule has 1 aromatic carbocycles. The van der Waals surface area contributed by atoms with Crippen LogP contribution in [-0.4, -0.2) is 11.9 Å². The van der Waals surface area contributed by atoms with Crippen LogP contribution in [0.4, 0.5) is 0 Å². The number of hydrogen-bond acceptors (Lipinski definition) is 2. The second kappa shape index (κ2) is 6.28. The lowest BCUT2D eigenvalue weighted by Gasteiger charge is -2.15. The Morgan fingerprint density at radius 2 is 1.94 bits per heavy atom. The summed E-state index contributed by atoms with van der Waals surface area (Å²) in [6.45, 7) is 5.01. The minimum absolute atomic E-state index is 0.359. The van der Waals surface area contributed by atoms with E-state index in [1.807, 2.05) is 18.2 Å². The van der Waals surface area contributed by atoms with E-state index in [1.165, 1.54) is 0 Å². The normalized spacial score (nSPS) is 10.7. The molecule has 0 spiro atoms. The van der Waals surface area contributed by atoms with Gasteiger partial charge in [0, 0.05) is 18.2 Å². The summed E-state index contributed by atoms with van der Waals surface area (Å²) < 4.78 is 0. The zero-order valence-electron chi connectivity index (χ0n) is 9.99. The van der Waals surface area contributed by atoms with E-state index in [1.54, 1.807) is 6.07 Å². The molecule has 0 bridgehead atoms. The standard InChI is InChI=1S/C13H20N2O/c1-3-11(4-2)15-9-10-7-5-6-8-12(10)13(14)16/h5-8,11,15H,3-4,9H2,1-2H3,(H2,14,16). The Morgan fingerprint density at radius 3 is 2.50 bits per heavy atom. The van der Waals surface area contributed by atoms with Gasteiger partial charge in [-0.2, -0.15) is 0 Å². The molecule has 1 amide bonds. The fourth-order valence-electron chi connectivity index (χ4n) is 1.75. The van der Waals surface area contributed by atoms with Gasteiger partial charge in [-0.25, -0.2) is 0 Å². The van der Waals surface area contributed by atoms with Crippen molar-refractivity contribution in [1.82, 2.24) is 5.32 Å². The van der Waals surface area contributed by atoms with Crippen LogP contribution < -0.4 is 11.1 Å². The average molecular weight is 220 g/mol. The van der Waals surface area contributed by atoms with Crippen LogP contribution in [0.15, 0.2) is 24.3 Å². The van der Waals surface area contributed by atoms with Crippen LogP contribution in [0.1, 0.15) is 42.6 Å². The van der Waals surface area contributed by atoms with E-state index >= 15 is 0 Å². The first-order chi connectivity index (χ1) is 7.69. The number of benzene rings is 1. The van der Waals surface area contributed by atoms with E-state index in [0.29, 0.717) is 18.2 Å². The predicted octanol–water partition coefficient (Wildman–Crippen LogP) is 2.06. The molecular weight excluding hydrogens is 200 g/mol. The van der Waals surface area contributed by atoms with Crippen LogP contribution in [0.25, 0.3) is 0 Å². The SMILES string of the molecule is CCC(CC)NCc1ccccc1C(N)=O. The predicted molar refractivity (Wildman–Crippen MR) is 66.2 cm³/mol. The molecule has 88 valence electrons. The Hall–Kier alpha value is -1.35. The maximum absolute atomic E-state index is 11.2. The fourth-order valence-corrected chi connectivity index (χ4v) is 1.75. The molecule has 1 aromatic rings. The first kappa shape index (κ1) is 12.7. The van der Waals surface area contributed by atoms with Crippen LogP contribution >= 0.6 is 0 Å². The van der Waals surface area contributed by atoms with Crippen molar-refractivity contribution < 1.29 is 4.79 Å². The highest BCUT2D eigenvalue weighted by Gasteiger charge is 2.08. The summed E-state index contributed by atoms with van der Waals surface area (Å²) in [5, 5.41) is 3.42. The van der Waals surface area contributed by atoms with Crippen molar-refractivity contribution in [2.45, 2.75) is 39.3 Å². The lowest BCUT2D eigenvalue weighted by atomic mass is 10.1. The quantitative estimate of drug-likeness (QED) is 0.771. The Labute approximate surface area is 97.0 Å². The van der Waals surface area contributed by atoms with Gasteiger partial charge >= 0.3 is 0 Å². The van der Waals surface area contributed by atoms with Crippen LogP contribution in [0.2, 0.25) is 0 Å². The highest BCUT2D eigenvalue weighted by Crippen LogP contribution is 2.08. The third-order valence-corrected chi connectivity index (χ3v) is 2.85. The van der Waals surface area contributed by atoms with E-state index in [0.717, 1.165) is 18.4 Å². The third kappa shape index (κ3) is 3.35. The highest BCUT2D eigenvalue weighted by molar-refractivity contribution is 5.94. The molecule has 0 aliphatic carbocycles. The van der Waals surface area contributed by atoms with E-state index in [-0.39, 0.29) is 5.91 Å². The van der Waals surface area contributed by atoms with E-state index in [2.05, 4.69) is 19.2 Å². The molecule has 0 fully saturated rings. The molecule has 0 unspecified atom stereocenters. The van der Waals surface area contributed by atoms with Crippen molar-refractivity contribution in [2.24, 2.45) is 5.73 Å². The van der Waals surface area contributed by atoms with Gasteiger partial charge in [-0.15, -0.1) is 0 Å². The lowest BCUT2D eigenvalue weighted by molar-refractivity contribution is 0.0999. The van der Waals surface area contributed by atoms with Crippen LogP contribution in [-0.2, 0) is 6.54 Å². The highest BCUT2D eigenvalue weighted by atomic mass is 16.1. The number of hydrogen-bond donors (Lipinski definition) is 2. The minimum atomic E-state index is -0.359. The van der Waals surface area contributed by atoms with Gasteiger partial charge in [0.25, 0.3) is 0 Å². The molecule has 0 saturated heterocycles. The molecule has 0 saturated carbocycles. The number of nitrogens with one attached hydrogen (secondary N) is 1. The van der Waals surface area contributed by atoms with Gasteiger partial charge in [-0.05, 0) is 24.5 Å². The van der Waals surface area contributed by atoms with Gasteiger partial charge in [0.1, 0.15) is 0 Å². The van der Waals surface area contributed by atoms with Crippen molar-refractivity contribution >= 4 is 5.91 Å². The number of primary amides is 1. The van der Waals surface area contributed by atoms with Crippen molar-refractivity contribution in [3.05, 3.63) is 35.4 Å². The van der Waals surface area contributed by atoms with Gasteiger partial charge in [0.15, 0.2) is 0 Å². The fraction of sp³-hybridized carbons (Fsp3) is 0.462. The summed E-state index contributed by atoms with van der Waals surface area (Å²) in [5.74, 6) is -0.359. The van der Waals surface area contributed by atoms with Gasteiger partial charge in [0.2, 0.25) is 5.91 Å². The summed E-state index contributed by atoms with van der Waals surface area (Å²) in [4.78, 5) is 11.2. The Kier molecular flexibility index (Phi) is 4.99. The van der Waals surface area contributed by atoms with E-state index in [9.17, 15) is 4.79 Å². The summed E-state index contributed by atoms with van der Waals surface area (Å²) >= 11 is 0. The van der Waals surface area contributed by atoms with Crippen molar-refractivity contribution in [1.29, 1.82) is 0 Å². The zero-order valence-corrected chi connectivity index (χ0v) is 9.99. The van der Waals surface area contributed by atoms with E-state index in [4.69, 9.17) is 5.73 Å². The second-order valence-corrected chi connectivity index (χ2v) is 3.92. The molecule has 0 aliphatic rings. The lowest BCUT2D eigenvalue weighted by Crippen LogP contribution is -2.28. The monoisotopic (exact) mass is 220 g/mol. The van der Waals surface area contributed by atoms with Crippen LogP contribution in [0.5, 0.6) is 0 Å². The average Bonchev–Trinajstić information content (AvgIpc) is 2.30. The van der Waals surface area contributed by atoms with Crippen LogP contribution in [0, 0.1) is 0 Å². The first-order valence-electron chi connectivity index (χ1n) is 5.80. The molecule has 0 radical (unpaired) electrons. The Morgan fingerprint density at radius 1 is 1.31 bits per heavy atom. The largest absolute Gasteiger partial charge is 0.366 e. The molecule has 3 N–H and O–H groups in total. The molecule has 0 aromatic heterocycles. The van der Waals surface area contributed by atoms with Crippen molar-refractivity contribution in [3.8, 4) is 0 Å². The smallest absolute Gasteiger partial charge is 0.249 e.